The molecule has 3 nitrogen and oxygen atoms in total. The largest absolute Gasteiger partial charge is 0.386 e. The van der Waals surface area contributed by atoms with Gasteiger partial charge in [0.2, 0.25) is 0 Å². The van der Waals surface area contributed by atoms with Crippen molar-refractivity contribution in [1.82, 2.24) is 9.78 Å². The van der Waals surface area contributed by atoms with Crippen LogP contribution in [0.25, 0.3) is 0 Å². The standard InChI is InChI=1S/C11H20N2O/c1-5-8-13-9(6-7-12-13)10(14)11(2,3)4/h6-7,10,14H,5,8H2,1-4H3. The Bertz CT molecular complexity index is 286. The van der Waals surface area contributed by atoms with Gasteiger partial charge in [0.25, 0.3) is 0 Å². The Labute approximate surface area is 85.8 Å². The number of aliphatic hydroxyl groups excluding tert-OH is 1. The highest BCUT2D eigenvalue weighted by Crippen LogP contribution is 2.32. The van der Waals surface area contributed by atoms with Gasteiger partial charge in [0.1, 0.15) is 6.10 Å². The minimum atomic E-state index is -0.448. The summed E-state index contributed by atoms with van der Waals surface area (Å²) in [6.45, 7) is 9.06. The van der Waals surface area contributed by atoms with Crippen LogP contribution in [-0.2, 0) is 6.54 Å². The molecule has 0 aromatic carbocycles. The lowest BCUT2D eigenvalue weighted by Gasteiger charge is -2.26. The third kappa shape index (κ3) is 2.35. The van der Waals surface area contributed by atoms with Crippen LogP contribution in [0.2, 0.25) is 0 Å². The van der Waals surface area contributed by atoms with E-state index in [-0.39, 0.29) is 5.41 Å². The van der Waals surface area contributed by atoms with Crippen LogP contribution in [0.1, 0.15) is 45.9 Å². The first-order chi connectivity index (χ1) is 6.46. The molecule has 3 heteroatoms. The van der Waals surface area contributed by atoms with Crippen molar-refractivity contribution in [2.75, 3.05) is 0 Å². The average Bonchev–Trinajstić information content (AvgIpc) is 2.50. The zero-order valence-corrected chi connectivity index (χ0v) is 9.49. The predicted octanol–water partition coefficient (Wildman–Crippen LogP) is 2.37. The molecule has 0 saturated heterocycles. The van der Waals surface area contributed by atoms with E-state index in [1.165, 1.54) is 0 Å². The second-order valence-electron chi connectivity index (χ2n) is 4.75. The van der Waals surface area contributed by atoms with Crippen molar-refractivity contribution >= 4 is 0 Å². The van der Waals surface area contributed by atoms with E-state index in [1.807, 2.05) is 31.5 Å². The molecule has 0 fully saturated rings. The van der Waals surface area contributed by atoms with Gasteiger partial charge in [-0.15, -0.1) is 0 Å². The lowest BCUT2D eigenvalue weighted by Crippen LogP contribution is -2.21. The van der Waals surface area contributed by atoms with Crippen molar-refractivity contribution < 1.29 is 5.11 Å². The topological polar surface area (TPSA) is 38.0 Å². The summed E-state index contributed by atoms with van der Waals surface area (Å²) in [5.41, 5.74) is 0.783. The summed E-state index contributed by atoms with van der Waals surface area (Å²) in [6.07, 6.45) is 2.34. The maximum absolute atomic E-state index is 10.1. The maximum atomic E-state index is 10.1. The summed E-state index contributed by atoms with van der Waals surface area (Å²) in [5.74, 6) is 0. The Hall–Kier alpha value is -0.830. The lowest BCUT2D eigenvalue weighted by atomic mass is 9.87. The Balaban J connectivity index is 2.89. The van der Waals surface area contributed by atoms with Crippen LogP contribution in [0.3, 0.4) is 0 Å². The van der Waals surface area contributed by atoms with Gasteiger partial charge in [-0.05, 0) is 17.9 Å². The predicted molar refractivity (Wildman–Crippen MR) is 56.9 cm³/mol. The molecule has 1 N–H and O–H groups in total. The summed E-state index contributed by atoms with van der Waals surface area (Å²) >= 11 is 0. The van der Waals surface area contributed by atoms with E-state index in [2.05, 4.69) is 12.0 Å². The summed E-state index contributed by atoms with van der Waals surface area (Å²) in [4.78, 5) is 0. The zero-order chi connectivity index (χ0) is 10.8. The molecule has 0 saturated carbocycles. The van der Waals surface area contributed by atoms with Crippen molar-refractivity contribution in [2.24, 2.45) is 5.41 Å². The van der Waals surface area contributed by atoms with E-state index < -0.39 is 6.10 Å². The quantitative estimate of drug-likeness (QED) is 0.806. The number of aromatic nitrogens is 2. The van der Waals surface area contributed by atoms with Gasteiger partial charge in [-0.25, -0.2) is 0 Å². The zero-order valence-electron chi connectivity index (χ0n) is 9.49. The second kappa shape index (κ2) is 4.13. The first-order valence-corrected chi connectivity index (χ1v) is 5.16. The first kappa shape index (κ1) is 11.2. The van der Waals surface area contributed by atoms with Crippen molar-refractivity contribution in [3.63, 3.8) is 0 Å². The molecule has 1 aromatic rings. The Morgan fingerprint density at radius 1 is 1.50 bits per heavy atom. The summed E-state index contributed by atoms with van der Waals surface area (Å²) in [6, 6.07) is 1.89. The van der Waals surface area contributed by atoms with Crippen LogP contribution in [0.5, 0.6) is 0 Å². The number of rotatable bonds is 3. The molecule has 1 unspecified atom stereocenters. The van der Waals surface area contributed by atoms with Gasteiger partial charge >= 0.3 is 0 Å². The SMILES string of the molecule is CCCn1nccc1C(O)C(C)(C)C. The van der Waals surface area contributed by atoms with Gasteiger partial charge in [0.05, 0.1) is 5.69 Å². The molecule has 0 amide bonds. The first-order valence-electron chi connectivity index (χ1n) is 5.16. The molecule has 0 aliphatic heterocycles. The third-order valence-electron chi connectivity index (χ3n) is 2.29. The molecule has 0 spiro atoms. The van der Waals surface area contributed by atoms with Gasteiger partial charge < -0.3 is 5.11 Å². The molecule has 1 heterocycles. The highest BCUT2D eigenvalue weighted by atomic mass is 16.3. The fraction of sp³-hybridized carbons (Fsp3) is 0.727. The highest BCUT2D eigenvalue weighted by Gasteiger charge is 2.26. The Morgan fingerprint density at radius 2 is 2.14 bits per heavy atom. The monoisotopic (exact) mass is 196 g/mol. The van der Waals surface area contributed by atoms with Crippen LogP contribution >= 0.6 is 0 Å². The second-order valence-corrected chi connectivity index (χ2v) is 4.75. The van der Waals surface area contributed by atoms with Crippen LogP contribution in [0.15, 0.2) is 12.3 Å². The van der Waals surface area contributed by atoms with E-state index in [0.29, 0.717) is 0 Å². The van der Waals surface area contributed by atoms with Gasteiger partial charge in [-0.1, -0.05) is 27.7 Å². The summed E-state index contributed by atoms with van der Waals surface area (Å²) in [5, 5.41) is 14.3. The highest BCUT2D eigenvalue weighted by molar-refractivity contribution is 5.07. The molecule has 1 aromatic heterocycles. The van der Waals surface area contributed by atoms with Crippen LogP contribution in [0, 0.1) is 5.41 Å². The lowest BCUT2D eigenvalue weighted by molar-refractivity contribution is 0.0545. The van der Waals surface area contributed by atoms with Crippen molar-refractivity contribution in [3.8, 4) is 0 Å². The van der Waals surface area contributed by atoms with Gasteiger partial charge in [0, 0.05) is 12.7 Å². The average molecular weight is 196 g/mol. The van der Waals surface area contributed by atoms with Crippen LogP contribution in [0.4, 0.5) is 0 Å². The number of aryl methyl sites for hydroxylation is 1. The molecule has 1 atom stereocenters. The molecule has 80 valence electrons. The number of nitrogens with zero attached hydrogens (tertiary/aromatic N) is 2. The molecule has 1 rings (SSSR count). The van der Waals surface area contributed by atoms with Gasteiger partial charge in [-0.2, -0.15) is 5.10 Å². The molecule has 14 heavy (non-hydrogen) atoms. The Kier molecular flexibility index (Phi) is 3.32. The van der Waals surface area contributed by atoms with Crippen molar-refractivity contribution in [3.05, 3.63) is 18.0 Å². The molecule has 0 aliphatic rings. The molecule has 0 bridgehead atoms. The Morgan fingerprint density at radius 3 is 2.64 bits per heavy atom. The number of aliphatic hydroxyl groups is 1. The van der Waals surface area contributed by atoms with E-state index >= 15 is 0 Å². The number of hydrogen-bond donors (Lipinski definition) is 1. The molecule has 0 aliphatic carbocycles. The fourth-order valence-electron chi connectivity index (χ4n) is 1.42. The van der Waals surface area contributed by atoms with E-state index in [0.717, 1.165) is 18.7 Å². The van der Waals surface area contributed by atoms with Crippen molar-refractivity contribution in [2.45, 2.75) is 46.8 Å². The smallest absolute Gasteiger partial charge is 0.100 e. The minimum absolute atomic E-state index is 0.133. The third-order valence-corrected chi connectivity index (χ3v) is 2.29. The van der Waals surface area contributed by atoms with E-state index in [4.69, 9.17) is 0 Å². The minimum Gasteiger partial charge on any atom is -0.386 e. The fourth-order valence-corrected chi connectivity index (χ4v) is 1.42. The molecular formula is C11H20N2O. The van der Waals surface area contributed by atoms with E-state index in [9.17, 15) is 5.11 Å². The van der Waals surface area contributed by atoms with Gasteiger partial charge in [0.15, 0.2) is 0 Å². The molecule has 0 radical (unpaired) electrons. The van der Waals surface area contributed by atoms with Crippen LogP contribution in [-0.4, -0.2) is 14.9 Å². The normalized spacial score (nSPS) is 14.4. The summed E-state index contributed by atoms with van der Waals surface area (Å²) in [7, 11) is 0. The van der Waals surface area contributed by atoms with Gasteiger partial charge in [-0.3, -0.25) is 4.68 Å². The van der Waals surface area contributed by atoms with Crippen molar-refractivity contribution in [1.29, 1.82) is 0 Å². The van der Waals surface area contributed by atoms with Crippen LogP contribution < -0.4 is 0 Å². The summed E-state index contributed by atoms with van der Waals surface area (Å²) < 4.78 is 1.88. The number of hydrogen-bond acceptors (Lipinski definition) is 2. The van der Waals surface area contributed by atoms with E-state index in [1.54, 1.807) is 6.20 Å². The molecular weight excluding hydrogens is 176 g/mol. The maximum Gasteiger partial charge on any atom is 0.100 e.